The minimum atomic E-state index is -1.41. The van der Waals surface area contributed by atoms with Crippen LogP contribution in [-0.2, 0) is 4.74 Å². The first-order valence-electron chi connectivity index (χ1n) is 5.24. The summed E-state index contributed by atoms with van der Waals surface area (Å²) >= 11 is 0. The van der Waals surface area contributed by atoms with Gasteiger partial charge >= 0.3 is 0 Å². The van der Waals surface area contributed by atoms with Gasteiger partial charge in [-0.2, -0.15) is 0 Å². The molecule has 0 amide bonds. The lowest BCUT2D eigenvalue weighted by Gasteiger charge is -2.12. The summed E-state index contributed by atoms with van der Waals surface area (Å²) in [6, 6.07) is 0.189. The van der Waals surface area contributed by atoms with Gasteiger partial charge in [0.2, 0.25) is 0 Å². The molecule has 1 unspecified atom stereocenters. The van der Waals surface area contributed by atoms with Crippen LogP contribution >= 0.6 is 0 Å². The molecule has 0 aromatic heterocycles. The van der Waals surface area contributed by atoms with Crippen LogP contribution in [0, 0.1) is 29.2 Å². The zero-order valence-electron chi connectivity index (χ0n) is 8.90. The minimum absolute atomic E-state index is 0.0973. The van der Waals surface area contributed by atoms with Crippen LogP contribution in [0.3, 0.4) is 0 Å². The Hall–Kier alpha value is -1.30. The molecule has 17 heavy (non-hydrogen) atoms. The van der Waals surface area contributed by atoms with E-state index in [1.54, 1.807) is 0 Å². The van der Waals surface area contributed by atoms with Gasteiger partial charge in [-0.25, -0.2) is 17.6 Å². The van der Waals surface area contributed by atoms with Crippen molar-refractivity contribution < 1.29 is 22.3 Å². The maximum Gasteiger partial charge on any atom is 0.185 e. The van der Waals surface area contributed by atoms with Crippen molar-refractivity contribution in [1.29, 1.82) is 0 Å². The van der Waals surface area contributed by atoms with Gasteiger partial charge in [-0.15, -0.1) is 0 Å². The third-order valence-electron chi connectivity index (χ3n) is 2.70. The molecule has 2 rings (SSSR count). The molecule has 0 aliphatic carbocycles. The van der Waals surface area contributed by atoms with Crippen molar-refractivity contribution in [1.82, 2.24) is 0 Å². The zero-order chi connectivity index (χ0) is 12.4. The van der Waals surface area contributed by atoms with Gasteiger partial charge in [0.25, 0.3) is 0 Å². The maximum atomic E-state index is 13.2. The first kappa shape index (κ1) is 12.2. The number of hydrogen-bond acceptors (Lipinski definition) is 2. The van der Waals surface area contributed by atoms with E-state index in [2.05, 4.69) is 5.32 Å². The van der Waals surface area contributed by atoms with Crippen LogP contribution in [0.4, 0.5) is 23.2 Å². The van der Waals surface area contributed by atoms with E-state index in [9.17, 15) is 17.6 Å². The second-order valence-corrected chi connectivity index (χ2v) is 3.95. The van der Waals surface area contributed by atoms with Crippen LogP contribution in [0.5, 0.6) is 0 Å². The fourth-order valence-corrected chi connectivity index (χ4v) is 1.72. The second-order valence-electron chi connectivity index (χ2n) is 3.95. The predicted molar refractivity (Wildman–Crippen MR) is 53.7 cm³/mol. The zero-order valence-corrected chi connectivity index (χ0v) is 8.90. The SMILES string of the molecule is Fc1cc(F)c(F)c(NCC2CCOC2)c1F. The lowest BCUT2D eigenvalue weighted by atomic mass is 10.1. The first-order valence-corrected chi connectivity index (χ1v) is 5.24. The highest BCUT2D eigenvalue weighted by molar-refractivity contribution is 5.47. The number of rotatable bonds is 3. The summed E-state index contributed by atoms with van der Waals surface area (Å²) in [4.78, 5) is 0. The van der Waals surface area contributed by atoms with Crippen molar-refractivity contribution in [2.24, 2.45) is 5.92 Å². The summed E-state index contributed by atoms with van der Waals surface area (Å²) in [5, 5.41) is 2.39. The van der Waals surface area contributed by atoms with Gasteiger partial charge in [0.05, 0.1) is 6.61 Å². The Labute approximate surface area is 95.6 Å². The van der Waals surface area contributed by atoms with E-state index in [4.69, 9.17) is 4.74 Å². The smallest absolute Gasteiger partial charge is 0.185 e. The molecule has 0 bridgehead atoms. The Morgan fingerprint density at radius 1 is 1.18 bits per heavy atom. The van der Waals surface area contributed by atoms with Crippen molar-refractivity contribution in [3.8, 4) is 0 Å². The number of hydrogen-bond donors (Lipinski definition) is 1. The minimum Gasteiger partial charge on any atom is -0.381 e. The van der Waals surface area contributed by atoms with E-state index in [0.29, 0.717) is 13.2 Å². The number of halogens is 4. The van der Waals surface area contributed by atoms with Gasteiger partial charge < -0.3 is 10.1 Å². The molecule has 1 fully saturated rings. The molecule has 94 valence electrons. The molecule has 1 saturated heterocycles. The van der Waals surface area contributed by atoms with Crippen molar-refractivity contribution in [2.45, 2.75) is 6.42 Å². The third kappa shape index (κ3) is 2.52. The van der Waals surface area contributed by atoms with Gasteiger partial charge in [0, 0.05) is 25.1 Å². The fourth-order valence-electron chi connectivity index (χ4n) is 1.72. The van der Waals surface area contributed by atoms with Crippen molar-refractivity contribution in [3.05, 3.63) is 29.3 Å². The van der Waals surface area contributed by atoms with Crippen molar-refractivity contribution in [3.63, 3.8) is 0 Å². The maximum absolute atomic E-state index is 13.2. The molecule has 1 aliphatic rings. The highest BCUT2D eigenvalue weighted by Gasteiger charge is 2.21. The molecular formula is C11H11F4NO. The van der Waals surface area contributed by atoms with Crippen molar-refractivity contribution >= 4 is 5.69 Å². The molecule has 1 aromatic rings. The number of benzene rings is 1. The van der Waals surface area contributed by atoms with Crippen molar-refractivity contribution in [2.75, 3.05) is 25.1 Å². The Morgan fingerprint density at radius 3 is 2.35 bits per heavy atom. The summed E-state index contributed by atoms with van der Waals surface area (Å²) in [5.41, 5.74) is -0.755. The van der Waals surface area contributed by atoms with Gasteiger partial charge in [0.15, 0.2) is 23.3 Å². The average Bonchev–Trinajstić information content (AvgIpc) is 2.79. The third-order valence-corrected chi connectivity index (χ3v) is 2.70. The van der Waals surface area contributed by atoms with E-state index >= 15 is 0 Å². The van der Waals surface area contributed by atoms with Gasteiger partial charge in [-0.3, -0.25) is 0 Å². The van der Waals surface area contributed by atoms with E-state index in [1.165, 1.54) is 0 Å². The second kappa shape index (κ2) is 4.91. The Bertz CT molecular complexity index is 392. The quantitative estimate of drug-likeness (QED) is 0.657. The highest BCUT2D eigenvalue weighted by Crippen LogP contribution is 2.25. The van der Waals surface area contributed by atoms with E-state index in [1.807, 2.05) is 0 Å². The van der Waals surface area contributed by atoms with Crippen LogP contribution in [0.25, 0.3) is 0 Å². The normalized spacial score (nSPS) is 19.6. The molecule has 1 aliphatic heterocycles. The van der Waals surface area contributed by atoms with Crippen LogP contribution in [-0.4, -0.2) is 19.8 Å². The Balaban J connectivity index is 2.13. The molecule has 0 radical (unpaired) electrons. The lowest BCUT2D eigenvalue weighted by molar-refractivity contribution is 0.187. The summed E-state index contributed by atoms with van der Waals surface area (Å²) < 4.78 is 57.3. The molecular weight excluding hydrogens is 238 g/mol. The van der Waals surface area contributed by atoms with Gasteiger partial charge in [-0.05, 0) is 6.42 Å². The molecule has 1 N–H and O–H groups in total. The average molecular weight is 249 g/mol. The molecule has 1 heterocycles. The fraction of sp³-hybridized carbons (Fsp3) is 0.455. The summed E-state index contributed by atoms with van der Waals surface area (Å²) in [6.07, 6.45) is 0.758. The van der Waals surface area contributed by atoms with E-state index in [0.717, 1.165) is 6.42 Å². The topological polar surface area (TPSA) is 21.3 Å². The number of ether oxygens (including phenoxy) is 1. The van der Waals surface area contributed by atoms with Crippen LogP contribution < -0.4 is 5.32 Å². The molecule has 6 heteroatoms. The van der Waals surface area contributed by atoms with Crippen LogP contribution in [0.15, 0.2) is 6.07 Å². The number of anilines is 1. The van der Waals surface area contributed by atoms with E-state index < -0.39 is 29.0 Å². The Morgan fingerprint density at radius 2 is 1.82 bits per heavy atom. The van der Waals surface area contributed by atoms with Gasteiger partial charge in [-0.1, -0.05) is 0 Å². The molecule has 0 spiro atoms. The summed E-state index contributed by atoms with van der Waals surface area (Å²) in [5.74, 6) is -5.52. The van der Waals surface area contributed by atoms with Crippen LogP contribution in [0.2, 0.25) is 0 Å². The standard InChI is InChI=1S/C11H11F4NO/c12-7-3-8(13)10(15)11(9(7)14)16-4-6-1-2-17-5-6/h3,6,16H,1-2,4-5H2. The molecule has 0 saturated carbocycles. The number of nitrogens with one attached hydrogen (secondary N) is 1. The first-order chi connectivity index (χ1) is 8.09. The van der Waals surface area contributed by atoms with E-state index in [-0.39, 0.29) is 18.5 Å². The molecule has 1 aromatic carbocycles. The lowest BCUT2D eigenvalue weighted by Crippen LogP contribution is -2.16. The predicted octanol–water partition coefficient (Wildman–Crippen LogP) is 2.69. The molecule has 1 atom stereocenters. The molecule has 2 nitrogen and oxygen atoms in total. The highest BCUT2D eigenvalue weighted by atomic mass is 19.2. The monoisotopic (exact) mass is 249 g/mol. The summed E-state index contributed by atoms with van der Waals surface area (Å²) in [6.45, 7) is 1.29. The largest absolute Gasteiger partial charge is 0.381 e. The Kier molecular flexibility index (Phi) is 3.51. The summed E-state index contributed by atoms with van der Waals surface area (Å²) in [7, 11) is 0. The van der Waals surface area contributed by atoms with Crippen LogP contribution in [0.1, 0.15) is 6.42 Å². The van der Waals surface area contributed by atoms with Gasteiger partial charge in [0.1, 0.15) is 5.69 Å².